The molecule has 0 bridgehead atoms. The topological polar surface area (TPSA) is 143 Å². The van der Waals surface area contributed by atoms with Crippen LogP contribution in [0.4, 0.5) is 5.82 Å². The number of rotatable bonds is 16. The van der Waals surface area contributed by atoms with Crippen molar-refractivity contribution in [2.45, 2.75) is 43.8 Å². The highest BCUT2D eigenvalue weighted by Crippen LogP contribution is 2.32. The number of aromatic hydroxyl groups is 1. The normalized spacial score (nSPS) is 16.7. The average molecular weight is 713 g/mol. The van der Waals surface area contributed by atoms with Crippen LogP contribution in [0.2, 0.25) is 0 Å². The van der Waals surface area contributed by atoms with Crippen LogP contribution in [-0.4, -0.2) is 121 Å². The van der Waals surface area contributed by atoms with Crippen LogP contribution in [-0.2, 0) is 27.1 Å². The second-order valence-corrected chi connectivity index (χ2v) is 14.0. The number of anilines is 1. The highest BCUT2D eigenvalue weighted by molar-refractivity contribution is 5.87. The van der Waals surface area contributed by atoms with Gasteiger partial charge < -0.3 is 44.7 Å². The number of aliphatic hydroxyl groups excluding tert-OH is 1. The number of fused-ring (bicyclic) bond motifs is 1. The van der Waals surface area contributed by atoms with E-state index in [1.54, 1.807) is 24.1 Å². The van der Waals surface area contributed by atoms with E-state index < -0.39 is 6.10 Å². The highest BCUT2D eigenvalue weighted by atomic mass is 16.5. The van der Waals surface area contributed by atoms with Gasteiger partial charge in [-0.2, -0.15) is 0 Å². The molecular weight excluding hydrogens is 660 g/mol. The fourth-order valence-corrected chi connectivity index (χ4v) is 7.14. The molecule has 278 valence electrons. The minimum atomic E-state index is -0.851. The smallest absolute Gasteiger partial charge is 0.248 e. The SMILES string of the molecule is CN(CCNCC(O)c1ccc(O)c2[nH]c(=O)ccc12)C(=O)CCOCCc1ccc(CCN2CCC3(CC2)CN(c2ccccn2)CCO3)cc1. The molecule has 4 aromatic rings. The molecule has 2 fully saturated rings. The van der Waals surface area contributed by atoms with Crippen LogP contribution in [0.15, 0.2) is 77.7 Å². The van der Waals surface area contributed by atoms with Crippen LogP contribution in [0, 0.1) is 0 Å². The molecule has 1 amide bonds. The number of piperidine rings is 1. The lowest BCUT2D eigenvalue weighted by Crippen LogP contribution is -2.57. The van der Waals surface area contributed by atoms with Crippen molar-refractivity contribution in [3.63, 3.8) is 0 Å². The Kier molecular flexibility index (Phi) is 12.9. The lowest BCUT2D eigenvalue weighted by Gasteiger charge is -2.47. The minimum absolute atomic E-state index is 0.00165. The molecule has 52 heavy (non-hydrogen) atoms. The Bertz CT molecular complexity index is 1790. The first-order valence-electron chi connectivity index (χ1n) is 18.4. The first-order valence-corrected chi connectivity index (χ1v) is 18.4. The molecule has 2 saturated heterocycles. The summed E-state index contributed by atoms with van der Waals surface area (Å²) in [5.74, 6) is 0.997. The fraction of sp³-hybridized carbons (Fsp3) is 0.475. The number of phenols is 1. The zero-order valence-electron chi connectivity index (χ0n) is 30.1. The van der Waals surface area contributed by atoms with Gasteiger partial charge in [0, 0.05) is 77.1 Å². The summed E-state index contributed by atoms with van der Waals surface area (Å²) >= 11 is 0. The number of aromatic nitrogens is 2. The Morgan fingerprint density at radius 3 is 2.60 bits per heavy atom. The van der Waals surface area contributed by atoms with Gasteiger partial charge in [0.1, 0.15) is 11.6 Å². The van der Waals surface area contributed by atoms with E-state index in [4.69, 9.17) is 9.47 Å². The summed E-state index contributed by atoms with van der Waals surface area (Å²) in [5, 5.41) is 24.5. The van der Waals surface area contributed by atoms with E-state index in [0.717, 1.165) is 70.8 Å². The predicted molar refractivity (Wildman–Crippen MR) is 202 cm³/mol. The number of hydrogen-bond acceptors (Lipinski definition) is 10. The maximum atomic E-state index is 12.6. The van der Waals surface area contributed by atoms with E-state index in [2.05, 4.69) is 61.5 Å². The summed E-state index contributed by atoms with van der Waals surface area (Å²) < 4.78 is 12.1. The van der Waals surface area contributed by atoms with Crippen molar-refractivity contribution >= 4 is 22.6 Å². The number of ether oxygens (including phenoxy) is 2. The maximum Gasteiger partial charge on any atom is 0.248 e. The van der Waals surface area contributed by atoms with Crippen molar-refractivity contribution in [3.05, 3.63) is 100.0 Å². The van der Waals surface area contributed by atoms with Crippen LogP contribution in [0.1, 0.15) is 42.1 Å². The van der Waals surface area contributed by atoms with Crippen molar-refractivity contribution in [1.29, 1.82) is 0 Å². The van der Waals surface area contributed by atoms with Crippen LogP contribution in [0.5, 0.6) is 5.75 Å². The molecule has 4 heterocycles. The number of aliphatic hydroxyl groups is 1. The molecule has 2 aromatic heterocycles. The van der Waals surface area contributed by atoms with Crippen molar-refractivity contribution in [3.8, 4) is 5.75 Å². The van der Waals surface area contributed by atoms with E-state index in [9.17, 15) is 19.8 Å². The van der Waals surface area contributed by atoms with Gasteiger partial charge >= 0.3 is 0 Å². The summed E-state index contributed by atoms with van der Waals surface area (Å²) in [4.78, 5) is 38.0. The molecule has 12 heteroatoms. The van der Waals surface area contributed by atoms with Crippen molar-refractivity contribution in [2.24, 2.45) is 0 Å². The Balaban J connectivity index is 0.814. The van der Waals surface area contributed by atoms with Gasteiger partial charge in [-0.05, 0) is 66.6 Å². The maximum absolute atomic E-state index is 12.6. The second-order valence-electron chi connectivity index (χ2n) is 14.0. The first kappa shape index (κ1) is 37.4. The number of morpholine rings is 1. The molecule has 1 atom stereocenters. The summed E-state index contributed by atoms with van der Waals surface area (Å²) in [6, 6.07) is 21.0. The monoisotopic (exact) mass is 712 g/mol. The number of nitrogens with one attached hydrogen (secondary N) is 2. The van der Waals surface area contributed by atoms with E-state index in [1.165, 1.54) is 23.3 Å². The van der Waals surface area contributed by atoms with Gasteiger partial charge in [0.15, 0.2) is 0 Å². The Morgan fingerprint density at radius 1 is 1.04 bits per heavy atom. The molecule has 2 aliphatic heterocycles. The standard InChI is InChI=1S/C40H52N6O6/c1-44(23-19-41-28-35(48)32-9-11-34(47)39-33(32)10-12-37(49)43-39)38(50)15-26-51-25-14-31-7-5-30(6-8-31)13-20-45-21-16-40(17-22-45)29-46(24-27-52-40)36-4-2-3-18-42-36/h2-12,18,35,41,47-48H,13-17,19-29H2,1H3,(H,43,49). The predicted octanol–water partition coefficient (Wildman–Crippen LogP) is 3.27. The van der Waals surface area contributed by atoms with E-state index in [1.807, 2.05) is 12.3 Å². The minimum Gasteiger partial charge on any atom is -0.506 e. The second kappa shape index (κ2) is 17.9. The largest absolute Gasteiger partial charge is 0.506 e. The van der Waals surface area contributed by atoms with E-state index in [-0.39, 0.29) is 29.4 Å². The summed E-state index contributed by atoms with van der Waals surface area (Å²) in [6.07, 6.45) is 5.24. The zero-order chi connectivity index (χ0) is 36.3. The first-order chi connectivity index (χ1) is 25.3. The number of pyridine rings is 2. The quantitative estimate of drug-likeness (QED) is 0.128. The number of phenolic OH excluding ortho intramolecular Hbond substituents is 1. The number of nitrogens with zero attached hydrogens (tertiary/aromatic N) is 4. The molecule has 0 radical (unpaired) electrons. The number of H-pyrrole nitrogens is 1. The van der Waals surface area contributed by atoms with Gasteiger partial charge in [-0.15, -0.1) is 0 Å². The number of likely N-dealkylation sites (N-methyl/N-ethyl adjacent to an activating group) is 1. The molecule has 1 unspecified atom stereocenters. The summed E-state index contributed by atoms with van der Waals surface area (Å²) in [6.45, 7) is 7.89. The third kappa shape index (κ3) is 9.96. The van der Waals surface area contributed by atoms with Gasteiger partial charge in [-0.3, -0.25) is 9.59 Å². The lowest BCUT2D eigenvalue weighted by atomic mass is 9.89. The molecule has 12 nitrogen and oxygen atoms in total. The molecule has 4 N–H and O–H groups in total. The Hall–Kier alpha value is -4.33. The van der Waals surface area contributed by atoms with Crippen LogP contribution < -0.4 is 15.8 Å². The third-order valence-electron chi connectivity index (χ3n) is 10.4. The number of amides is 1. The number of hydrogen-bond donors (Lipinski definition) is 4. The van der Waals surface area contributed by atoms with Gasteiger partial charge in [0.05, 0.1) is 43.5 Å². The van der Waals surface area contributed by atoms with Crippen molar-refractivity contribution < 1.29 is 24.5 Å². The highest BCUT2D eigenvalue weighted by Gasteiger charge is 2.40. The molecular formula is C40H52N6O6. The average Bonchev–Trinajstić information content (AvgIpc) is 3.17. The number of carbonyl (C=O) groups is 1. The number of likely N-dealkylation sites (tertiary alicyclic amines) is 1. The zero-order valence-corrected chi connectivity index (χ0v) is 30.1. The molecule has 2 aliphatic rings. The molecule has 1 spiro atoms. The fourth-order valence-electron chi connectivity index (χ4n) is 7.14. The molecule has 2 aromatic carbocycles. The van der Waals surface area contributed by atoms with E-state index in [0.29, 0.717) is 49.2 Å². The Morgan fingerprint density at radius 2 is 1.83 bits per heavy atom. The summed E-state index contributed by atoms with van der Waals surface area (Å²) in [7, 11) is 1.76. The molecule has 6 rings (SSSR count). The number of aromatic amines is 1. The van der Waals surface area contributed by atoms with Gasteiger partial charge in [0.25, 0.3) is 0 Å². The van der Waals surface area contributed by atoms with Gasteiger partial charge in [0.2, 0.25) is 11.5 Å². The van der Waals surface area contributed by atoms with Crippen molar-refractivity contribution in [1.82, 2.24) is 25.1 Å². The van der Waals surface area contributed by atoms with Crippen LogP contribution in [0.25, 0.3) is 10.9 Å². The van der Waals surface area contributed by atoms with Crippen LogP contribution >= 0.6 is 0 Å². The Labute approximate surface area is 305 Å². The summed E-state index contributed by atoms with van der Waals surface area (Å²) in [5.41, 5.74) is 3.06. The van der Waals surface area contributed by atoms with Gasteiger partial charge in [-0.1, -0.05) is 36.4 Å². The third-order valence-corrected chi connectivity index (χ3v) is 10.4. The molecule has 0 saturated carbocycles. The molecule has 0 aliphatic carbocycles. The lowest BCUT2D eigenvalue weighted by molar-refractivity contribution is -0.131. The number of carbonyl (C=O) groups excluding carboxylic acids is 1. The van der Waals surface area contributed by atoms with Crippen molar-refractivity contribution in [2.75, 3.05) is 84.1 Å². The van der Waals surface area contributed by atoms with Crippen LogP contribution in [0.3, 0.4) is 0 Å². The van der Waals surface area contributed by atoms with E-state index >= 15 is 0 Å². The number of benzene rings is 2. The van der Waals surface area contributed by atoms with Gasteiger partial charge in [-0.25, -0.2) is 4.98 Å².